The van der Waals surface area contributed by atoms with E-state index in [4.69, 9.17) is 15.9 Å². The molecule has 0 spiro atoms. The van der Waals surface area contributed by atoms with Crippen molar-refractivity contribution in [3.8, 4) is 11.1 Å². The number of carbonyl (C=O) groups excluding carboxylic acids is 3. The lowest BCUT2D eigenvalue weighted by molar-refractivity contribution is 0.0473. The quantitative estimate of drug-likeness (QED) is 0.0946. The third-order valence-corrected chi connectivity index (χ3v) is 7.16. The first-order valence-electron chi connectivity index (χ1n) is 14.1. The SMILES string of the molecule is CC(C)(C)[C@@H](CO)NC(=O)c1ccc(-c2ccccc2C(=O)Nc2ccc(C(=N)N)cc2)c(C(=O)OCc2ccccc2)c1. The van der Waals surface area contributed by atoms with Crippen molar-refractivity contribution in [2.45, 2.75) is 33.4 Å². The van der Waals surface area contributed by atoms with E-state index in [1.165, 1.54) is 6.07 Å². The molecule has 9 heteroatoms. The lowest BCUT2D eigenvalue weighted by Gasteiger charge is -2.29. The number of nitrogen functional groups attached to an aromatic ring is 1. The molecule has 6 N–H and O–H groups in total. The van der Waals surface area contributed by atoms with Gasteiger partial charge in [-0.2, -0.15) is 0 Å². The van der Waals surface area contributed by atoms with E-state index in [0.717, 1.165) is 5.56 Å². The number of amidine groups is 1. The maximum Gasteiger partial charge on any atom is 0.339 e. The van der Waals surface area contributed by atoms with Crippen LogP contribution in [0, 0.1) is 10.8 Å². The number of aliphatic hydroxyl groups is 1. The second-order valence-electron chi connectivity index (χ2n) is 11.4. The zero-order valence-corrected chi connectivity index (χ0v) is 24.9. The number of amides is 2. The first-order chi connectivity index (χ1) is 21.0. The summed E-state index contributed by atoms with van der Waals surface area (Å²) in [4.78, 5) is 40.3. The van der Waals surface area contributed by atoms with Gasteiger partial charge in [0.05, 0.1) is 18.2 Å². The first-order valence-corrected chi connectivity index (χ1v) is 14.1. The summed E-state index contributed by atoms with van der Waals surface area (Å²) in [6.07, 6.45) is 0. The van der Waals surface area contributed by atoms with E-state index in [-0.39, 0.29) is 30.2 Å². The molecule has 4 aromatic rings. The van der Waals surface area contributed by atoms with E-state index < -0.39 is 29.2 Å². The van der Waals surface area contributed by atoms with Crippen LogP contribution in [0.3, 0.4) is 0 Å². The Hall–Kier alpha value is -5.28. The minimum absolute atomic E-state index is 0.0184. The monoisotopic (exact) mass is 592 g/mol. The molecule has 2 amide bonds. The molecule has 1 atom stereocenters. The molecule has 0 saturated carbocycles. The van der Waals surface area contributed by atoms with E-state index in [1.54, 1.807) is 60.7 Å². The average molecular weight is 593 g/mol. The lowest BCUT2D eigenvalue weighted by Crippen LogP contribution is -2.46. The lowest BCUT2D eigenvalue weighted by atomic mass is 9.87. The number of esters is 1. The van der Waals surface area contributed by atoms with Crippen LogP contribution in [0.4, 0.5) is 5.69 Å². The van der Waals surface area contributed by atoms with Crippen LogP contribution in [0.2, 0.25) is 0 Å². The molecule has 4 rings (SSSR count). The van der Waals surface area contributed by atoms with Gasteiger partial charge in [-0.25, -0.2) is 4.79 Å². The molecule has 9 nitrogen and oxygen atoms in total. The molecule has 226 valence electrons. The van der Waals surface area contributed by atoms with Crippen molar-refractivity contribution < 1.29 is 24.2 Å². The van der Waals surface area contributed by atoms with E-state index >= 15 is 0 Å². The molecule has 0 radical (unpaired) electrons. The van der Waals surface area contributed by atoms with Gasteiger partial charge in [0.2, 0.25) is 0 Å². The standard InChI is InChI=1S/C35H36N4O5/c1-35(2,3)30(20-40)39-32(41)24-15-18-27(29(19-24)34(43)44-21-22-9-5-4-6-10-22)26-11-7-8-12-28(26)33(42)38-25-16-13-23(14-17-25)31(36)37/h4-19,30,40H,20-21H2,1-3H3,(H3,36,37)(H,38,42)(H,39,41)/t30-/m1/s1. The minimum atomic E-state index is -0.664. The van der Waals surface area contributed by atoms with Gasteiger partial charge in [-0.15, -0.1) is 0 Å². The fourth-order valence-electron chi connectivity index (χ4n) is 4.52. The number of anilines is 1. The highest BCUT2D eigenvalue weighted by atomic mass is 16.5. The average Bonchev–Trinajstić information content (AvgIpc) is 3.02. The number of hydrogen-bond donors (Lipinski definition) is 5. The summed E-state index contributed by atoms with van der Waals surface area (Å²) < 4.78 is 5.66. The maximum absolute atomic E-state index is 13.6. The predicted octanol–water partition coefficient (Wildman–Crippen LogP) is 5.38. The molecular weight excluding hydrogens is 556 g/mol. The molecule has 44 heavy (non-hydrogen) atoms. The van der Waals surface area contributed by atoms with Crippen LogP contribution in [0.1, 0.15) is 63.0 Å². The van der Waals surface area contributed by atoms with Crippen molar-refractivity contribution in [2.24, 2.45) is 11.1 Å². The van der Waals surface area contributed by atoms with Crippen LogP contribution in [0.5, 0.6) is 0 Å². The highest BCUT2D eigenvalue weighted by molar-refractivity contribution is 6.11. The maximum atomic E-state index is 13.6. The summed E-state index contributed by atoms with van der Waals surface area (Å²) in [5.41, 5.74) is 8.44. The van der Waals surface area contributed by atoms with Crippen molar-refractivity contribution >= 4 is 29.3 Å². The fraction of sp³-hybridized carbons (Fsp3) is 0.200. The van der Waals surface area contributed by atoms with E-state index in [9.17, 15) is 19.5 Å². The summed E-state index contributed by atoms with van der Waals surface area (Å²) in [6.45, 7) is 5.49. The van der Waals surface area contributed by atoms with E-state index in [2.05, 4.69) is 10.6 Å². The van der Waals surface area contributed by atoms with Crippen LogP contribution in [-0.2, 0) is 11.3 Å². The Kier molecular flexibility index (Phi) is 9.92. The fourth-order valence-corrected chi connectivity index (χ4v) is 4.52. The topological polar surface area (TPSA) is 155 Å². The predicted molar refractivity (Wildman–Crippen MR) is 171 cm³/mol. The van der Waals surface area contributed by atoms with E-state index in [0.29, 0.717) is 27.9 Å². The zero-order chi connectivity index (χ0) is 31.9. The molecule has 0 unspecified atom stereocenters. The van der Waals surface area contributed by atoms with Crippen molar-refractivity contribution in [3.05, 3.63) is 125 Å². The summed E-state index contributed by atoms with van der Waals surface area (Å²) in [6, 6.07) is 26.7. The van der Waals surface area contributed by atoms with Crippen molar-refractivity contribution in [1.82, 2.24) is 5.32 Å². The number of rotatable bonds is 10. The van der Waals surface area contributed by atoms with Gasteiger partial charge in [-0.05, 0) is 64.6 Å². The van der Waals surface area contributed by atoms with Gasteiger partial charge < -0.3 is 26.2 Å². The third kappa shape index (κ3) is 7.76. The van der Waals surface area contributed by atoms with Gasteiger partial charge in [-0.1, -0.05) is 75.4 Å². The first kappa shape index (κ1) is 31.7. The summed E-state index contributed by atoms with van der Waals surface area (Å²) >= 11 is 0. The van der Waals surface area contributed by atoms with Gasteiger partial charge in [-0.3, -0.25) is 15.0 Å². The van der Waals surface area contributed by atoms with Crippen LogP contribution in [-0.4, -0.2) is 41.4 Å². The van der Waals surface area contributed by atoms with Gasteiger partial charge >= 0.3 is 5.97 Å². The normalized spacial score (nSPS) is 11.7. The molecule has 0 heterocycles. The van der Waals surface area contributed by atoms with Gasteiger partial charge in [0.15, 0.2) is 0 Å². The molecular formula is C35H36N4O5. The largest absolute Gasteiger partial charge is 0.457 e. The smallest absolute Gasteiger partial charge is 0.339 e. The summed E-state index contributed by atoms with van der Waals surface area (Å²) in [7, 11) is 0. The molecule has 0 saturated heterocycles. The molecule has 0 fully saturated rings. The number of nitrogens with one attached hydrogen (secondary N) is 3. The third-order valence-electron chi connectivity index (χ3n) is 7.16. The number of carbonyl (C=O) groups is 3. The van der Waals surface area contributed by atoms with Crippen LogP contribution in [0.25, 0.3) is 11.1 Å². The molecule has 4 aromatic carbocycles. The van der Waals surface area contributed by atoms with Gasteiger partial charge in [0, 0.05) is 22.4 Å². The highest BCUT2D eigenvalue weighted by Gasteiger charge is 2.27. The Balaban J connectivity index is 1.71. The molecule has 0 aliphatic carbocycles. The number of hydrogen-bond acceptors (Lipinski definition) is 6. The van der Waals surface area contributed by atoms with Gasteiger partial charge in [0.25, 0.3) is 11.8 Å². The Morgan fingerprint density at radius 2 is 1.43 bits per heavy atom. The van der Waals surface area contributed by atoms with Crippen LogP contribution >= 0.6 is 0 Å². The van der Waals surface area contributed by atoms with Gasteiger partial charge in [0.1, 0.15) is 12.4 Å². The highest BCUT2D eigenvalue weighted by Crippen LogP contribution is 2.30. The van der Waals surface area contributed by atoms with Crippen LogP contribution < -0.4 is 16.4 Å². The van der Waals surface area contributed by atoms with Crippen molar-refractivity contribution in [2.75, 3.05) is 11.9 Å². The van der Waals surface area contributed by atoms with Crippen LogP contribution in [0.15, 0.2) is 97.1 Å². The Morgan fingerprint density at radius 3 is 2.07 bits per heavy atom. The Labute approximate surface area is 256 Å². The molecule has 0 aliphatic rings. The summed E-state index contributed by atoms with van der Waals surface area (Å²) in [5.74, 6) is -1.62. The molecule has 0 aromatic heterocycles. The van der Waals surface area contributed by atoms with Crippen molar-refractivity contribution in [1.29, 1.82) is 5.41 Å². The number of benzene rings is 4. The second kappa shape index (κ2) is 13.8. The summed E-state index contributed by atoms with van der Waals surface area (Å²) in [5, 5.41) is 23.1. The second-order valence-corrected chi connectivity index (χ2v) is 11.4. The minimum Gasteiger partial charge on any atom is -0.457 e. The Bertz CT molecular complexity index is 1660. The number of aliphatic hydroxyl groups excluding tert-OH is 1. The van der Waals surface area contributed by atoms with E-state index in [1.807, 2.05) is 51.1 Å². The molecule has 0 bridgehead atoms. The molecule has 0 aliphatic heterocycles. The number of nitrogens with two attached hydrogens (primary N) is 1. The number of ether oxygens (including phenoxy) is 1. The Morgan fingerprint density at radius 1 is 0.818 bits per heavy atom. The van der Waals surface area contributed by atoms with Crippen molar-refractivity contribution in [3.63, 3.8) is 0 Å². The zero-order valence-electron chi connectivity index (χ0n) is 24.9.